The van der Waals surface area contributed by atoms with Crippen molar-refractivity contribution in [1.29, 1.82) is 0 Å². The van der Waals surface area contributed by atoms with Crippen LogP contribution in [0.3, 0.4) is 0 Å². The predicted octanol–water partition coefficient (Wildman–Crippen LogP) is 4.38. The first kappa shape index (κ1) is 17.5. The number of thioether (sulfide) groups is 1. The minimum Gasteiger partial charge on any atom is -0.481 e. The minimum absolute atomic E-state index is 0.0706. The largest absolute Gasteiger partial charge is 0.481 e. The summed E-state index contributed by atoms with van der Waals surface area (Å²) in [7, 11) is 0. The van der Waals surface area contributed by atoms with E-state index in [4.69, 9.17) is 16.7 Å². The van der Waals surface area contributed by atoms with Crippen molar-refractivity contribution in [2.75, 3.05) is 5.75 Å². The van der Waals surface area contributed by atoms with Crippen LogP contribution in [0.25, 0.3) is 11.4 Å². The molecule has 0 radical (unpaired) electrons. The molecule has 0 saturated carbocycles. The smallest absolute Gasteiger partial charge is 0.313 e. The van der Waals surface area contributed by atoms with Gasteiger partial charge in [0.1, 0.15) is 0 Å². The van der Waals surface area contributed by atoms with Gasteiger partial charge < -0.3 is 5.11 Å². The number of carboxylic acid groups (broad SMARTS) is 1. The Balaban J connectivity index is 2.10. The van der Waals surface area contributed by atoms with Gasteiger partial charge in [0, 0.05) is 5.56 Å². The molecule has 0 fully saturated rings. The van der Waals surface area contributed by atoms with Crippen LogP contribution in [0, 0.1) is 0 Å². The van der Waals surface area contributed by atoms with E-state index in [-0.39, 0.29) is 11.8 Å². The molecule has 3 aromatic rings. The zero-order valence-corrected chi connectivity index (χ0v) is 15.0. The van der Waals surface area contributed by atoms with E-state index in [2.05, 4.69) is 10.2 Å². The molecular formula is C18H16ClN3O2S. The van der Waals surface area contributed by atoms with Gasteiger partial charge in [-0.15, -0.1) is 10.2 Å². The highest BCUT2D eigenvalue weighted by Crippen LogP contribution is 2.33. The van der Waals surface area contributed by atoms with Crippen molar-refractivity contribution in [3.63, 3.8) is 0 Å². The fourth-order valence-electron chi connectivity index (χ4n) is 2.56. The van der Waals surface area contributed by atoms with Crippen molar-refractivity contribution in [2.45, 2.75) is 18.1 Å². The lowest BCUT2D eigenvalue weighted by Gasteiger charge is -2.18. The van der Waals surface area contributed by atoms with Gasteiger partial charge in [0.15, 0.2) is 11.0 Å². The zero-order chi connectivity index (χ0) is 17.8. The first-order chi connectivity index (χ1) is 12.1. The fraction of sp³-hybridized carbons (Fsp3) is 0.167. The molecular weight excluding hydrogens is 358 g/mol. The Morgan fingerprint density at radius 2 is 1.84 bits per heavy atom. The molecule has 0 saturated heterocycles. The quantitative estimate of drug-likeness (QED) is 0.649. The highest BCUT2D eigenvalue weighted by atomic mass is 35.5. The van der Waals surface area contributed by atoms with Crippen LogP contribution in [0.1, 0.15) is 18.5 Å². The molecule has 0 unspecified atom stereocenters. The lowest BCUT2D eigenvalue weighted by molar-refractivity contribution is -0.133. The first-order valence-electron chi connectivity index (χ1n) is 7.67. The molecule has 0 bridgehead atoms. The number of benzene rings is 2. The third-order valence-electron chi connectivity index (χ3n) is 3.77. The molecule has 7 heteroatoms. The molecule has 5 nitrogen and oxygen atoms in total. The van der Waals surface area contributed by atoms with Gasteiger partial charge in [-0.3, -0.25) is 9.36 Å². The highest BCUT2D eigenvalue weighted by Gasteiger charge is 2.22. The van der Waals surface area contributed by atoms with Gasteiger partial charge in [-0.2, -0.15) is 0 Å². The van der Waals surface area contributed by atoms with E-state index in [1.54, 1.807) is 6.07 Å². The van der Waals surface area contributed by atoms with Crippen LogP contribution >= 0.6 is 23.4 Å². The van der Waals surface area contributed by atoms with Crippen molar-refractivity contribution < 1.29 is 9.90 Å². The molecule has 1 aromatic heterocycles. The van der Waals surface area contributed by atoms with E-state index in [0.29, 0.717) is 16.0 Å². The van der Waals surface area contributed by atoms with Gasteiger partial charge in [-0.1, -0.05) is 65.8 Å². The van der Waals surface area contributed by atoms with Crippen molar-refractivity contribution in [3.05, 3.63) is 65.2 Å². The maximum Gasteiger partial charge on any atom is 0.313 e. The van der Waals surface area contributed by atoms with Gasteiger partial charge in [-0.05, 0) is 24.6 Å². The van der Waals surface area contributed by atoms with Gasteiger partial charge in [0.2, 0.25) is 0 Å². The summed E-state index contributed by atoms with van der Waals surface area (Å²) in [5, 5.41) is 18.6. The Labute approximate surface area is 154 Å². The highest BCUT2D eigenvalue weighted by molar-refractivity contribution is 7.99. The Kier molecular flexibility index (Phi) is 5.40. The maximum absolute atomic E-state index is 11.0. The lowest BCUT2D eigenvalue weighted by Crippen LogP contribution is -2.11. The average Bonchev–Trinajstić information content (AvgIpc) is 3.04. The number of nitrogens with zero attached hydrogens (tertiary/aromatic N) is 3. The summed E-state index contributed by atoms with van der Waals surface area (Å²) >= 11 is 7.48. The van der Waals surface area contributed by atoms with Gasteiger partial charge in [-0.25, -0.2) is 0 Å². The summed E-state index contributed by atoms with van der Waals surface area (Å²) in [4.78, 5) is 11.0. The molecule has 0 aliphatic heterocycles. The number of aliphatic carboxylic acids is 1. The van der Waals surface area contributed by atoms with E-state index in [0.717, 1.165) is 22.9 Å². The van der Waals surface area contributed by atoms with Gasteiger partial charge >= 0.3 is 5.97 Å². The lowest BCUT2D eigenvalue weighted by atomic mass is 10.1. The zero-order valence-electron chi connectivity index (χ0n) is 13.5. The van der Waals surface area contributed by atoms with E-state index in [9.17, 15) is 4.79 Å². The van der Waals surface area contributed by atoms with E-state index < -0.39 is 5.97 Å². The van der Waals surface area contributed by atoms with Crippen molar-refractivity contribution in [3.8, 4) is 11.4 Å². The maximum atomic E-state index is 11.0. The molecule has 2 aromatic carbocycles. The monoisotopic (exact) mass is 373 g/mol. The topological polar surface area (TPSA) is 68.0 Å². The molecule has 128 valence electrons. The van der Waals surface area contributed by atoms with Crippen molar-refractivity contribution in [1.82, 2.24) is 14.8 Å². The molecule has 25 heavy (non-hydrogen) atoms. The third-order valence-corrected chi connectivity index (χ3v) is 5.03. The van der Waals surface area contributed by atoms with Crippen molar-refractivity contribution >= 4 is 29.3 Å². The molecule has 3 rings (SSSR count). The Bertz CT molecular complexity index is 883. The summed E-state index contributed by atoms with van der Waals surface area (Å²) in [6, 6.07) is 17.3. The summed E-state index contributed by atoms with van der Waals surface area (Å²) in [6.07, 6.45) is 0. The van der Waals surface area contributed by atoms with Crippen LogP contribution < -0.4 is 0 Å². The summed E-state index contributed by atoms with van der Waals surface area (Å²) in [5.41, 5.74) is 1.84. The minimum atomic E-state index is -0.897. The first-order valence-corrected chi connectivity index (χ1v) is 9.03. The standard InChI is InChI=1S/C18H16ClN3O2S/c1-12(13-7-3-2-4-8-13)22-17(14-9-5-6-10-15(14)19)20-21-18(22)25-11-16(23)24/h2-10,12H,11H2,1H3,(H,23,24)/t12-/m1/s1. The number of hydrogen-bond acceptors (Lipinski definition) is 4. The fourth-order valence-corrected chi connectivity index (χ4v) is 3.51. The number of carbonyl (C=O) groups is 1. The van der Waals surface area contributed by atoms with Crippen LogP contribution in [-0.4, -0.2) is 31.6 Å². The summed E-state index contributed by atoms with van der Waals surface area (Å²) < 4.78 is 1.93. The summed E-state index contributed by atoms with van der Waals surface area (Å²) in [6.45, 7) is 2.03. The van der Waals surface area contributed by atoms with Crippen LogP contribution in [0.4, 0.5) is 0 Å². The average molecular weight is 374 g/mol. The van der Waals surface area contributed by atoms with Crippen LogP contribution in [0.5, 0.6) is 0 Å². The Hall–Kier alpha value is -2.31. The van der Waals surface area contributed by atoms with Crippen LogP contribution in [0.2, 0.25) is 5.02 Å². The molecule has 0 aliphatic rings. The molecule has 1 N–H and O–H groups in total. The van der Waals surface area contributed by atoms with E-state index in [1.807, 2.05) is 60.0 Å². The predicted molar refractivity (Wildman–Crippen MR) is 99.1 cm³/mol. The second-order valence-corrected chi connectivity index (χ2v) is 6.77. The SMILES string of the molecule is C[C@H](c1ccccc1)n1c(SCC(=O)O)nnc1-c1ccccc1Cl. The molecule has 1 atom stereocenters. The van der Waals surface area contributed by atoms with Gasteiger partial charge in [0.25, 0.3) is 0 Å². The Morgan fingerprint density at radius 3 is 2.52 bits per heavy atom. The number of rotatable bonds is 6. The number of hydrogen-bond donors (Lipinski definition) is 1. The van der Waals surface area contributed by atoms with Gasteiger partial charge in [0.05, 0.1) is 16.8 Å². The van der Waals surface area contributed by atoms with E-state index >= 15 is 0 Å². The molecule has 0 spiro atoms. The molecule has 0 amide bonds. The second-order valence-electron chi connectivity index (χ2n) is 5.43. The van der Waals surface area contributed by atoms with Crippen LogP contribution in [0.15, 0.2) is 59.8 Å². The van der Waals surface area contributed by atoms with Crippen molar-refractivity contribution in [2.24, 2.45) is 0 Å². The van der Waals surface area contributed by atoms with Crippen LogP contribution in [-0.2, 0) is 4.79 Å². The Morgan fingerprint density at radius 1 is 1.16 bits per heavy atom. The number of halogens is 1. The second kappa shape index (κ2) is 7.72. The molecule has 0 aliphatic carbocycles. The third kappa shape index (κ3) is 3.86. The number of carboxylic acids is 1. The number of aromatic nitrogens is 3. The molecule has 1 heterocycles. The van der Waals surface area contributed by atoms with E-state index in [1.165, 1.54) is 0 Å². The summed E-state index contributed by atoms with van der Waals surface area (Å²) in [5.74, 6) is -0.358. The normalized spacial score (nSPS) is 12.1.